The van der Waals surface area contributed by atoms with Crippen LogP contribution in [-0.4, -0.2) is 63.3 Å². The van der Waals surface area contributed by atoms with Crippen molar-refractivity contribution in [3.8, 4) is 17.2 Å². The summed E-state index contributed by atoms with van der Waals surface area (Å²) in [7, 11) is 5.98. The molecule has 0 saturated carbocycles. The summed E-state index contributed by atoms with van der Waals surface area (Å²) in [5.74, 6) is -0.576. The highest BCUT2D eigenvalue weighted by atomic mass is 16.5. The van der Waals surface area contributed by atoms with Gasteiger partial charge >= 0.3 is 0 Å². The van der Waals surface area contributed by atoms with Gasteiger partial charge in [0.25, 0.3) is 11.7 Å². The van der Waals surface area contributed by atoms with Crippen LogP contribution in [0.15, 0.2) is 35.9 Å². The lowest BCUT2D eigenvalue weighted by Gasteiger charge is -2.26. The number of likely N-dealkylation sites (tertiary alicyclic amines) is 1. The minimum absolute atomic E-state index is 0.000856. The molecule has 0 bridgehead atoms. The minimum Gasteiger partial charge on any atom is -0.507 e. The van der Waals surface area contributed by atoms with Crippen molar-refractivity contribution in [2.24, 2.45) is 0 Å². The third-order valence-electron chi connectivity index (χ3n) is 5.73. The molecular weight excluding hydrogens is 426 g/mol. The van der Waals surface area contributed by atoms with Gasteiger partial charge in [-0.3, -0.25) is 9.59 Å². The molecule has 1 unspecified atom stereocenters. The van der Waals surface area contributed by atoms with E-state index in [4.69, 9.17) is 18.9 Å². The zero-order valence-corrected chi connectivity index (χ0v) is 19.7. The summed E-state index contributed by atoms with van der Waals surface area (Å²) in [6.07, 6.45) is 0. The molecule has 1 saturated heterocycles. The first-order valence-electron chi connectivity index (χ1n) is 10.4. The second-order valence-corrected chi connectivity index (χ2v) is 7.76. The Bertz CT molecular complexity index is 1080. The number of aliphatic hydroxyl groups is 1. The molecule has 1 fully saturated rings. The number of ether oxygens (including phenoxy) is 4. The predicted octanol–water partition coefficient (Wildman–Crippen LogP) is 3.40. The number of aryl methyl sites for hydroxylation is 2. The highest BCUT2D eigenvalue weighted by Crippen LogP contribution is 2.45. The van der Waals surface area contributed by atoms with Gasteiger partial charge in [0.15, 0.2) is 11.5 Å². The lowest BCUT2D eigenvalue weighted by atomic mass is 9.93. The van der Waals surface area contributed by atoms with E-state index in [0.29, 0.717) is 28.4 Å². The highest BCUT2D eigenvalue weighted by Gasteiger charge is 2.46. The average Bonchev–Trinajstić information content (AvgIpc) is 3.07. The first-order valence-corrected chi connectivity index (χ1v) is 10.4. The van der Waals surface area contributed by atoms with Crippen LogP contribution in [0.4, 0.5) is 0 Å². The Morgan fingerprint density at radius 1 is 0.970 bits per heavy atom. The maximum absolute atomic E-state index is 13.2. The molecule has 1 N–H and O–H groups in total. The number of aliphatic hydroxyl groups excluding tert-OH is 1. The summed E-state index contributed by atoms with van der Waals surface area (Å²) < 4.78 is 21.5. The van der Waals surface area contributed by atoms with E-state index in [-0.39, 0.29) is 24.5 Å². The molecule has 33 heavy (non-hydrogen) atoms. The van der Waals surface area contributed by atoms with Gasteiger partial charge in [0.1, 0.15) is 5.76 Å². The van der Waals surface area contributed by atoms with Crippen molar-refractivity contribution in [1.29, 1.82) is 0 Å². The Labute approximate surface area is 193 Å². The maximum Gasteiger partial charge on any atom is 0.295 e. The standard InChI is InChI=1S/C25H29NO7/c1-14-7-8-15(2)17(11-14)22(27)20-21(26(9-10-30-3)25(29)23(20)28)16-12-18(31-4)24(33-6)19(13-16)32-5/h7-8,11-13,21,27H,9-10H2,1-6H3/b22-20+. The van der Waals surface area contributed by atoms with Gasteiger partial charge in [-0.2, -0.15) is 0 Å². The molecule has 8 nitrogen and oxygen atoms in total. The van der Waals surface area contributed by atoms with Gasteiger partial charge in [-0.05, 0) is 43.2 Å². The lowest BCUT2D eigenvalue weighted by molar-refractivity contribution is -0.140. The predicted molar refractivity (Wildman–Crippen MR) is 123 cm³/mol. The number of benzene rings is 2. The number of nitrogens with zero attached hydrogens (tertiary/aromatic N) is 1. The molecule has 1 aliphatic heterocycles. The average molecular weight is 456 g/mol. The van der Waals surface area contributed by atoms with Crippen molar-refractivity contribution in [2.75, 3.05) is 41.6 Å². The second-order valence-electron chi connectivity index (χ2n) is 7.76. The normalized spacial score (nSPS) is 17.4. The second kappa shape index (κ2) is 9.95. The van der Waals surface area contributed by atoms with Crippen LogP contribution in [0.25, 0.3) is 5.76 Å². The summed E-state index contributed by atoms with van der Waals surface area (Å²) in [5.41, 5.74) is 2.73. The zero-order valence-electron chi connectivity index (χ0n) is 19.7. The van der Waals surface area contributed by atoms with E-state index in [2.05, 4.69) is 0 Å². The topological polar surface area (TPSA) is 94.5 Å². The Balaban J connectivity index is 2.30. The van der Waals surface area contributed by atoms with Gasteiger partial charge in [-0.1, -0.05) is 17.7 Å². The van der Waals surface area contributed by atoms with Crippen LogP contribution in [0, 0.1) is 13.8 Å². The Hall–Kier alpha value is -3.52. The molecule has 1 amide bonds. The summed E-state index contributed by atoms with van der Waals surface area (Å²) in [6.45, 7) is 4.11. The molecule has 0 aliphatic carbocycles. The number of methoxy groups -OCH3 is 4. The zero-order chi connectivity index (χ0) is 24.3. The fraction of sp³-hybridized carbons (Fsp3) is 0.360. The summed E-state index contributed by atoms with van der Waals surface area (Å²) in [5, 5.41) is 11.3. The summed E-state index contributed by atoms with van der Waals surface area (Å²) in [4.78, 5) is 27.6. The number of rotatable bonds is 8. The van der Waals surface area contributed by atoms with Crippen LogP contribution in [0.1, 0.15) is 28.3 Å². The SMILES string of the molecule is COCCN1C(=O)C(=O)/C(=C(/O)c2cc(C)ccc2C)C1c1cc(OC)c(OC)c(OC)c1. The lowest BCUT2D eigenvalue weighted by Crippen LogP contribution is -2.32. The largest absolute Gasteiger partial charge is 0.507 e. The number of hydrogen-bond donors (Lipinski definition) is 1. The molecule has 2 aromatic carbocycles. The van der Waals surface area contributed by atoms with E-state index in [1.807, 2.05) is 26.0 Å². The molecular formula is C25H29NO7. The third-order valence-corrected chi connectivity index (χ3v) is 5.73. The van der Waals surface area contributed by atoms with Crippen molar-refractivity contribution in [1.82, 2.24) is 4.90 Å². The van der Waals surface area contributed by atoms with Crippen molar-refractivity contribution >= 4 is 17.4 Å². The summed E-state index contributed by atoms with van der Waals surface area (Å²) in [6, 6.07) is 8.05. The molecule has 0 aromatic heterocycles. The van der Waals surface area contributed by atoms with Gasteiger partial charge in [0, 0.05) is 19.2 Å². The van der Waals surface area contributed by atoms with Crippen LogP contribution >= 0.6 is 0 Å². The van der Waals surface area contributed by atoms with Crippen LogP contribution < -0.4 is 14.2 Å². The third kappa shape index (κ3) is 4.39. The minimum atomic E-state index is -0.867. The van der Waals surface area contributed by atoms with Crippen LogP contribution in [-0.2, 0) is 14.3 Å². The fourth-order valence-electron chi connectivity index (χ4n) is 4.04. The number of Topliss-reactive ketones (excluding diaryl/α,β-unsaturated/α-hetero) is 1. The van der Waals surface area contributed by atoms with Crippen LogP contribution in [0.5, 0.6) is 17.2 Å². The van der Waals surface area contributed by atoms with E-state index >= 15 is 0 Å². The van der Waals surface area contributed by atoms with Crippen molar-refractivity contribution in [2.45, 2.75) is 19.9 Å². The van der Waals surface area contributed by atoms with Crippen molar-refractivity contribution in [3.05, 3.63) is 58.2 Å². The summed E-state index contributed by atoms with van der Waals surface area (Å²) >= 11 is 0. The fourth-order valence-corrected chi connectivity index (χ4v) is 4.04. The molecule has 176 valence electrons. The van der Waals surface area contributed by atoms with E-state index in [9.17, 15) is 14.7 Å². The molecule has 3 rings (SSSR count). The smallest absolute Gasteiger partial charge is 0.295 e. The number of carbonyl (C=O) groups excluding carboxylic acids is 2. The molecule has 1 atom stereocenters. The maximum atomic E-state index is 13.2. The quantitative estimate of drug-likeness (QED) is 0.370. The Morgan fingerprint density at radius 2 is 1.61 bits per heavy atom. The van der Waals surface area contributed by atoms with Gasteiger partial charge in [-0.15, -0.1) is 0 Å². The number of amides is 1. The molecule has 1 aliphatic rings. The number of carbonyl (C=O) groups is 2. The number of ketones is 1. The molecule has 1 heterocycles. The van der Waals surface area contributed by atoms with Gasteiger partial charge in [0.05, 0.1) is 39.6 Å². The van der Waals surface area contributed by atoms with Crippen LogP contribution in [0.2, 0.25) is 0 Å². The molecule has 8 heteroatoms. The Kier molecular flexibility index (Phi) is 7.28. The van der Waals surface area contributed by atoms with Crippen molar-refractivity contribution < 1.29 is 33.6 Å². The van der Waals surface area contributed by atoms with E-state index in [1.54, 1.807) is 18.2 Å². The Morgan fingerprint density at radius 3 is 2.15 bits per heavy atom. The van der Waals surface area contributed by atoms with Gasteiger partial charge < -0.3 is 29.0 Å². The van der Waals surface area contributed by atoms with Crippen molar-refractivity contribution in [3.63, 3.8) is 0 Å². The van der Waals surface area contributed by atoms with Gasteiger partial charge in [-0.25, -0.2) is 0 Å². The van der Waals surface area contributed by atoms with E-state index in [1.165, 1.54) is 33.3 Å². The highest BCUT2D eigenvalue weighted by molar-refractivity contribution is 6.46. The molecule has 0 radical (unpaired) electrons. The number of hydrogen-bond acceptors (Lipinski definition) is 7. The van der Waals surface area contributed by atoms with E-state index < -0.39 is 17.7 Å². The molecule has 0 spiro atoms. The van der Waals surface area contributed by atoms with Crippen LogP contribution in [0.3, 0.4) is 0 Å². The first-order chi connectivity index (χ1) is 15.8. The first kappa shape index (κ1) is 24.1. The monoisotopic (exact) mass is 455 g/mol. The van der Waals surface area contributed by atoms with Gasteiger partial charge in [0.2, 0.25) is 5.75 Å². The molecule has 2 aromatic rings. The van der Waals surface area contributed by atoms with E-state index in [0.717, 1.165) is 11.1 Å².